The van der Waals surface area contributed by atoms with Crippen LogP contribution in [-0.2, 0) is 9.59 Å². The number of thioether (sulfide) groups is 1. The van der Waals surface area contributed by atoms with Crippen LogP contribution in [0.2, 0.25) is 0 Å². The van der Waals surface area contributed by atoms with Gasteiger partial charge < -0.3 is 15.5 Å². The number of hydrogen-bond acceptors (Lipinski definition) is 4. The Bertz CT molecular complexity index is 322. The van der Waals surface area contributed by atoms with Crippen LogP contribution in [0, 0.1) is 0 Å². The van der Waals surface area contributed by atoms with E-state index in [0.717, 1.165) is 5.75 Å². The second kappa shape index (κ2) is 6.48. The summed E-state index contributed by atoms with van der Waals surface area (Å²) in [6, 6.07) is -0.576. The molecule has 2 N–H and O–H groups in total. The highest BCUT2D eigenvalue weighted by Crippen LogP contribution is 2.16. The highest BCUT2D eigenvalue weighted by molar-refractivity contribution is 8.13. The Morgan fingerprint density at radius 1 is 1.53 bits per heavy atom. The molecule has 0 aromatic carbocycles. The fourth-order valence-corrected chi connectivity index (χ4v) is 2.25. The SMILES string of the molecule is CCNC(=O)C(C)NC(=O)CN1CCSC1=O. The minimum absolute atomic E-state index is 0.0234. The van der Waals surface area contributed by atoms with E-state index in [4.69, 9.17) is 0 Å². The van der Waals surface area contributed by atoms with E-state index in [2.05, 4.69) is 10.6 Å². The van der Waals surface area contributed by atoms with Crippen LogP contribution in [0.15, 0.2) is 0 Å². The van der Waals surface area contributed by atoms with Crippen molar-refractivity contribution in [2.45, 2.75) is 19.9 Å². The maximum absolute atomic E-state index is 11.6. The fourth-order valence-electron chi connectivity index (χ4n) is 1.42. The van der Waals surface area contributed by atoms with Crippen molar-refractivity contribution in [1.82, 2.24) is 15.5 Å². The van der Waals surface area contributed by atoms with Gasteiger partial charge in [0.2, 0.25) is 11.8 Å². The van der Waals surface area contributed by atoms with E-state index in [9.17, 15) is 14.4 Å². The van der Waals surface area contributed by atoms with Crippen molar-refractivity contribution < 1.29 is 14.4 Å². The number of amides is 3. The van der Waals surface area contributed by atoms with Gasteiger partial charge >= 0.3 is 0 Å². The Balaban J connectivity index is 2.33. The molecule has 0 aromatic rings. The van der Waals surface area contributed by atoms with Crippen LogP contribution in [0.3, 0.4) is 0 Å². The summed E-state index contributed by atoms with van der Waals surface area (Å²) in [5.41, 5.74) is 0. The predicted molar refractivity (Wildman–Crippen MR) is 65.7 cm³/mol. The summed E-state index contributed by atoms with van der Waals surface area (Å²) in [6.07, 6.45) is 0. The largest absolute Gasteiger partial charge is 0.355 e. The van der Waals surface area contributed by atoms with Crippen molar-refractivity contribution in [2.75, 3.05) is 25.4 Å². The molecule has 0 radical (unpaired) electrons. The van der Waals surface area contributed by atoms with E-state index in [1.807, 2.05) is 6.92 Å². The highest BCUT2D eigenvalue weighted by Gasteiger charge is 2.24. The van der Waals surface area contributed by atoms with Gasteiger partial charge in [-0.15, -0.1) is 0 Å². The summed E-state index contributed by atoms with van der Waals surface area (Å²) in [5.74, 6) is 0.195. The van der Waals surface area contributed by atoms with Crippen molar-refractivity contribution in [1.29, 1.82) is 0 Å². The van der Waals surface area contributed by atoms with Gasteiger partial charge in [-0.1, -0.05) is 11.8 Å². The molecule has 1 heterocycles. The lowest BCUT2D eigenvalue weighted by Crippen LogP contribution is -2.48. The van der Waals surface area contributed by atoms with Gasteiger partial charge in [0.1, 0.15) is 12.6 Å². The number of carbonyl (C=O) groups excluding carboxylic acids is 3. The third kappa shape index (κ3) is 4.26. The van der Waals surface area contributed by atoms with Gasteiger partial charge in [0.25, 0.3) is 5.24 Å². The van der Waals surface area contributed by atoms with Crippen LogP contribution in [0.25, 0.3) is 0 Å². The summed E-state index contributed by atoms with van der Waals surface area (Å²) in [7, 11) is 0. The van der Waals surface area contributed by atoms with Gasteiger partial charge in [0, 0.05) is 18.8 Å². The van der Waals surface area contributed by atoms with Gasteiger partial charge in [-0.05, 0) is 13.8 Å². The number of rotatable bonds is 5. The van der Waals surface area contributed by atoms with Crippen LogP contribution >= 0.6 is 11.8 Å². The Labute approximate surface area is 104 Å². The van der Waals surface area contributed by atoms with Gasteiger partial charge in [-0.3, -0.25) is 14.4 Å². The number of hydrogen-bond donors (Lipinski definition) is 2. The van der Waals surface area contributed by atoms with Crippen molar-refractivity contribution in [2.24, 2.45) is 0 Å². The van der Waals surface area contributed by atoms with Crippen LogP contribution in [0.5, 0.6) is 0 Å². The van der Waals surface area contributed by atoms with E-state index in [1.54, 1.807) is 6.92 Å². The zero-order valence-corrected chi connectivity index (χ0v) is 10.8. The van der Waals surface area contributed by atoms with E-state index >= 15 is 0 Å². The zero-order chi connectivity index (χ0) is 12.8. The number of nitrogens with zero attached hydrogens (tertiary/aromatic N) is 1. The minimum atomic E-state index is -0.576. The molecular formula is C10H17N3O3S. The van der Waals surface area contributed by atoms with E-state index in [0.29, 0.717) is 13.1 Å². The van der Waals surface area contributed by atoms with Gasteiger partial charge in [-0.25, -0.2) is 0 Å². The second-order valence-corrected chi connectivity index (χ2v) is 4.77. The molecule has 1 fully saturated rings. The van der Waals surface area contributed by atoms with Crippen molar-refractivity contribution in [3.05, 3.63) is 0 Å². The fraction of sp³-hybridized carbons (Fsp3) is 0.700. The molecular weight excluding hydrogens is 242 g/mol. The Morgan fingerprint density at radius 2 is 2.24 bits per heavy atom. The molecule has 1 unspecified atom stereocenters. The minimum Gasteiger partial charge on any atom is -0.355 e. The maximum atomic E-state index is 11.6. The molecule has 1 rings (SSSR count). The van der Waals surface area contributed by atoms with Crippen LogP contribution in [0.4, 0.5) is 4.79 Å². The van der Waals surface area contributed by atoms with Crippen molar-refractivity contribution in [3.8, 4) is 0 Å². The van der Waals surface area contributed by atoms with E-state index in [1.165, 1.54) is 16.7 Å². The van der Waals surface area contributed by atoms with Crippen LogP contribution in [0.1, 0.15) is 13.8 Å². The Morgan fingerprint density at radius 3 is 2.76 bits per heavy atom. The molecule has 1 aliphatic heterocycles. The third-order valence-corrected chi connectivity index (χ3v) is 3.19. The number of likely N-dealkylation sites (N-methyl/N-ethyl adjacent to an activating group) is 1. The van der Waals surface area contributed by atoms with Gasteiger partial charge in [0.05, 0.1) is 0 Å². The number of nitrogens with one attached hydrogen (secondary N) is 2. The molecule has 17 heavy (non-hydrogen) atoms. The standard InChI is InChI=1S/C10H17N3O3S/c1-3-11-9(15)7(2)12-8(14)6-13-4-5-17-10(13)16/h7H,3-6H2,1-2H3,(H,11,15)(H,12,14). The maximum Gasteiger partial charge on any atom is 0.282 e. The normalized spacial score (nSPS) is 16.8. The molecule has 1 aliphatic rings. The van der Waals surface area contributed by atoms with E-state index in [-0.39, 0.29) is 23.6 Å². The third-order valence-electron chi connectivity index (χ3n) is 2.30. The van der Waals surface area contributed by atoms with Gasteiger partial charge in [0.15, 0.2) is 0 Å². The summed E-state index contributed by atoms with van der Waals surface area (Å²) in [4.78, 5) is 35.7. The molecule has 6 nitrogen and oxygen atoms in total. The molecule has 0 bridgehead atoms. The number of carbonyl (C=O) groups is 3. The summed E-state index contributed by atoms with van der Waals surface area (Å²) in [6.45, 7) is 4.57. The average molecular weight is 259 g/mol. The molecule has 0 aromatic heterocycles. The molecule has 0 spiro atoms. The second-order valence-electron chi connectivity index (χ2n) is 3.72. The topological polar surface area (TPSA) is 78.5 Å². The first-order valence-electron chi connectivity index (χ1n) is 5.53. The molecule has 3 amide bonds. The monoisotopic (exact) mass is 259 g/mol. The van der Waals surface area contributed by atoms with Crippen molar-refractivity contribution >= 4 is 28.8 Å². The van der Waals surface area contributed by atoms with Gasteiger partial charge in [-0.2, -0.15) is 0 Å². The Hall–Kier alpha value is -1.24. The van der Waals surface area contributed by atoms with Crippen LogP contribution < -0.4 is 10.6 Å². The zero-order valence-electron chi connectivity index (χ0n) is 9.99. The quantitative estimate of drug-likeness (QED) is 0.716. The first kappa shape index (κ1) is 13.8. The Kier molecular flexibility index (Phi) is 5.27. The molecule has 0 saturated carbocycles. The summed E-state index contributed by atoms with van der Waals surface area (Å²) < 4.78 is 0. The lowest BCUT2D eigenvalue weighted by atomic mass is 10.3. The van der Waals surface area contributed by atoms with E-state index < -0.39 is 6.04 Å². The summed E-state index contributed by atoms with van der Waals surface area (Å²) in [5, 5.41) is 5.09. The lowest BCUT2D eigenvalue weighted by Gasteiger charge is -2.17. The predicted octanol–water partition coefficient (Wildman–Crippen LogP) is -0.204. The van der Waals surface area contributed by atoms with Crippen LogP contribution in [-0.4, -0.2) is 53.4 Å². The first-order chi connectivity index (χ1) is 8.04. The average Bonchev–Trinajstić information content (AvgIpc) is 2.64. The summed E-state index contributed by atoms with van der Waals surface area (Å²) >= 11 is 1.21. The molecule has 96 valence electrons. The molecule has 1 atom stereocenters. The van der Waals surface area contributed by atoms with Crippen molar-refractivity contribution in [3.63, 3.8) is 0 Å². The molecule has 1 saturated heterocycles. The smallest absolute Gasteiger partial charge is 0.282 e. The first-order valence-corrected chi connectivity index (χ1v) is 6.52. The molecule has 7 heteroatoms. The lowest BCUT2D eigenvalue weighted by molar-refractivity contribution is -0.128. The highest BCUT2D eigenvalue weighted by atomic mass is 32.2. The molecule has 0 aliphatic carbocycles.